The smallest absolute Gasteiger partial charge is 0.351 e. The standard InChI is InChI=1S/C26H23ClF6N6O/c1-13-4-5-16(10-14(13)2)17-11-19(25(28,29)30)39-20(35-17)12-18(36-39)24(40)34-8-3-9-38-22(15-6-7-15)21(27)23(37-38)26(31,32)33/h4-5,10-12,15H,3,6-9H2,1-2H3,(H,34,40). The maximum Gasteiger partial charge on any atom is 0.436 e. The van der Waals surface area contributed by atoms with Gasteiger partial charge in [0.05, 0.1) is 16.4 Å². The van der Waals surface area contributed by atoms with Gasteiger partial charge in [-0.05, 0) is 56.4 Å². The largest absolute Gasteiger partial charge is 0.436 e. The number of hydrogen-bond acceptors (Lipinski definition) is 4. The second-order valence-electron chi connectivity index (χ2n) is 9.78. The lowest BCUT2D eigenvalue weighted by Gasteiger charge is -2.11. The van der Waals surface area contributed by atoms with Gasteiger partial charge >= 0.3 is 12.4 Å². The number of carbonyl (C=O) groups excluding carboxylic acids is 1. The van der Waals surface area contributed by atoms with Gasteiger partial charge in [0.2, 0.25) is 0 Å². The first kappa shape index (κ1) is 27.9. The molecule has 0 saturated heterocycles. The van der Waals surface area contributed by atoms with Crippen LogP contribution in [-0.4, -0.2) is 36.8 Å². The maximum atomic E-state index is 13.9. The molecular weight excluding hydrogens is 562 g/mol. The van der Waals surface area contributed by atoms with E-state index in [-0.39, 0.29) is 42.5 Å². The number of hydrogen-bond donors (Lipinski definition) is 1. The fourth-order valence-electron chi connectivity index (χ4n) is 4.41. The van der Waals surface area contributed by atoms with E-state index in [1.807, 2.05) is 13.8 Å². The van der Waals surface area contributed by atoms with Crippen LogP contribution in [0, 0.1) is 13.8 Å². The Morgan fingerprint density at radius 2 is 1.75 bits per heavy atom. The molecule has 1 fully saturated rings. The molecule has 1 aliphatic rings. The highest BCUT2D eigenvalue weighted by atomic mass is 35.5. The van der Waals surface area contributed by atoms with Crippen LogP contribution in [0.25, 0.3) is 16.9 Å². The molecule has 3 heterocycles. The van der Waals surface area contributed by atoms with Gasteiger partial charge in [-0.25, -0.2) is 9.50 Å². The summed E-state index contributed by atoms with van der Waals surface area (Å²) in [5, 5.41) is 9.61. The van der Waals surface area contributed by atoms with Crippen molar-refractivity contribution >= 4 is 23.2 Å². The van der Waals surface area contributed by atoms with Crippen molar-refractivity contribution in [1.82, 2.24) is 29.7 Å². The number of carbonyl (C=O) groups is 1. The summed E-state index contributed by atoms with van der Waals surface area (Å²) in [6.45, 7) is 3.80. The highest BCUT2D eigenvalue weighted by Gasteiger charge is 2.42. The second-order valence-corrected chi connectivity index (χ2v) is 10.2. The van der Waals surface area contributed by atoms with E-state index in [2.05, 4.69) is 20.5 Å². The van der Waals surface area contributed by atoms with E-state index in [0.29, 0.717) is 28.6 Å². The molecule has 0 bridgehead atoms. The molecule has 0 aliphatic heterocycles. The zero-order chi connectivity index (χ0) is 29.0. The van der Waals surface area contributed by atoms with Crippen LogP contribution in [0.15, 0.2) is 30.3 Å². The van der Waals surface area contributed by atoms with Crippen molar-refractivity contribution in [3.8, 4) is 11.3 Å². The highest BCUT2D eigenvalue weighted by Crippen LogP contribution is 2.47. The average Bonchev–Trinajstić information content (AvgIpc) is 3.50. The third kappa shape index (κ3) is 5.51. The zero-order valence-electron chi connectivity index (χ0n) is 21.3. The Morgan fingerprint density at radius 1 is 1.02 bits per heavy atom. The minimum Gasteiger partial charge on any atom is -0.351 e. The monoisotopic (exact) mass is 584 g/mol. The summed E-state index contributed by atoms with van der Waals surface area (Å²) in [6.07, 6.45) is -7.82. The fraction of sp³-hybridized carbons (Fsp3) is 0.385. The van der Waals surface area contributed by atoms with Crippen molar-refractivity contribution in [2.24, 2.45) is 0 Å². The van der Waals surface area contributed by atoms with Crippen LogP contribution in [0.4, 0.5) is 26.3 Å². The maximum absolute atomic E-state index is 13.9. The van der Waals surface area contributed by atoms with Gasteiger partial charge in [-0.15, -0.1) is 0 Å². The van der Waals surface area contributed by atoms with Crippen molar-refractivity contribution in [1.29, 1.82) is 0 Å². The quantitative estimate of drug-likeness (QED) is 0.196. The average molecular weight is 585 g/mol. The number of nitrogens with one attached hydrogen (secondary N) is 1. The van der Waals surface area contributed by atoms with E-state index >= 15 is 0 Å². The van der Waals surface area contributed by atoms with E-state index in [0.717, 1.165) is 23.3 Å². The predicted molar refractivity (Wildman–Crippen MR) is 134 cm³/mol. The number of alkyl halides is 6. The Balaban J connectivity index is 1.33. The van der Waals surface area contributed by atoms with Crippen LogP contribution >= 0.6 is 11.6 Å². The number of aromatic nitrogens is 5. The Kier molecular flexibility index (Phi) is 7.05. The third-order valence-electron chi connectivity index (χ3n) is 6.75. The lowest BCUT2D eigenvalue weighted by molar-refractivity contribution is -0.143. The number of fused-ring (bicyclic) bond motifs is 1. The number of amides is 1. The Morgan fingerprint density at radius 3 is 2.38 bits per heavy atom. The Labute approximate surface area is 229 Å². The van der Waals surface area contributed by atoms with Crippen molar-refractivity contribution in [2.75, 3.05) is 6.54 Å². The van der Waals surface area contributed by atoms with Crippen LogP contribution in [0.2, 0.25) is 5.02 Å². The van der Waals surface area contributed by atoms with Crippen LogP contribution < -0.4 is 5.32 Å². The molecule has 14 heteroatoms. The molecule has 1 saturated carbocycles. The topological polar surface area (TPSA) is 77.1 Å². The summed E-state index contributed by atoms with van der Waals surface area (Å²) in [7, 11) is 0. The lowest BCUT2D eigenvalue weighted by Crippen LogP contribution is -2.26. The predicted octanol–water partition coefficient (Wildman–Crippen LogP) is 6.60. The van der Waals surface area contributed by atoms with Gasteiger partial charge in [-0.3, -0.25) is 9.48 Å². The van der Waals surface area contributed by atoms with Gasteiger partial charge < -0.3 is 5.32 Å². The molecule has 1 amide bonds. The molecule has 7 nitrogen and oxygen atoms in total. The molecule has 5 rings (SSSR count). The van der Waals surface area contributed by atoms with Gasteiger partial charge in [0.15, 0.2) is 22.7 Å². The molecule has 40 heavy (non-hydrogen) atoms. The van der Waals surface area contributed by atoms with Gasteiger partial charge in [-0.1, -0.05) is 23.7 Å². The molecule has 0 unspecified atom stereocenters. The summed E-state index contributed by atoms with van der Waals surface area (Å²) < 4.78 is 83.2. The molecule has 212 valence electrons. The van der Waals surface area contributed by atoms with Crippen molar-refractivity contribution in [2.45, 2.75) is 57.9 Å². The Hall–Kier alpha value is -3.61. The summed E-state index contributed by atoms with van der Waals surface area (Å²) in [6, 6.07) is 7.23. The molecule has 1 N–H and O–H groups in total. The highest BCUT2D eigenvalue weighted by molar-refractivity contribution is 6.32. The summed E-state index contributed by atoms with van der Waals surface area (Å²) in [5.41, 5.74) is 0.0847. The number of halogens is 7. The van der Waals surface area contributed by atoms with Gasteiger partial charge in [-0.2, -0.15) is 36.5 Å². The minimum atomic E-state index is -4.77. The minimum absolute atomic E-state index is 0.0170. The summed E-state index contributed by atoms with van der Waals surface area (Å²) >= 11 is 5.97. The normalized spacial score (nSPS) is 14.2. The van der Waals surface area contributed by atoms with Crippen molar-refractivity contribution in [3.05, 3.63) is 69.3 Å². The number of aryl methyl sites for hydroxylation is 3. The second kappa shape index (κ2) is 10.1. The van der Waals surface area contributed by atoms with E-state index < -0.39 is 34.7 Å². The van der Waals surface area contributed by atoms with Crippen LogP contribution in [0.1, 0.15) is 63.9 Å². The molecule has 1 aliphatic carbocycles. The first-order valence-electron chi connectivity index (χ1n) is 12.4. The van der Waals surface area contributed by atoms with Gasteiger partial charge in [0, 0.05) is 30.6 Å². The van der Waals surface area contributed by atoms with Crippen LogP contribution in [0.3, 0.4) is 0 Å². The summed E-state index contributed by atoms with van der Waals surface area (Å²) in [4.78, 5) is 17.0. The van der Waals surface area contributed by atoms with E-state index in [1.165, 1.54) is 4.68 Å². The SMILES string of the molecule is Cc1ccc(-c2cc(C(F)(F)F)n3nc(C(=O)NCCCn4nc(C(F)(F)F)c(Cl)c4C4CC4)cc3n2)cc1C. The molecule has 0 spiro atoms. The molecule has 3 aromatic heterocycles. The van der Waals surface area contributed by atoms with Crippen molar-refractivity contribution in [3.63, 3.8) is 0 Å². The van der Waals surface area contributed by atoms with Crippen LogP contribution in [-0.2, 0) is 18.9 Å². The molecule has 0 radical (unpaired) electrons. The summed E-state index contributed by atoms with van der Waals surface area (Å²) in [5.74, 6) is -0.837. The number of nitrogens with zero attached hydrogens (tertiary/aromatic N) is 5. The van der Waals surface area contributed by atoms with Gasteiger partial charge in [0.25, 0.3) is 5.91 Å². The van der Waals surface area contributed by atoms with Crippen molar-refractivity contribution < 1.29 is 31.1 Å². The molecule has 0 atom stereocenters. The number of rotatable bonds is 7. The first-order chi connectivity index (χ1) is 18.7. The third-order valence-corrected chi connectivity index (χ3v) is 7.12. The van der Waals surface area contributed by atoms with Gasteiger partial charge in [0.1, 0.15) is 0 Å². The molecule has 1 aromatic carbocycles. The van der Waals surface area contributed by atoms with E-state index in [4.69, 9.17) is 11.6 Å². The lowest BCUT2D eigenvalue weighted by atomic mass is 10.0. The Bertz CT molecular complexity index is 1600. The van der Waals surface area contributed by atoms with Crippen LogP contribution in [0.5, 0.6) is 0 Å². The fourth-order valence-corrected chi connectivity index (χ4v) is 4.81. The van der Waals surface area contributed by atoms with E-state index in [9.17, 15) is 31.1 Å². The number of benzene rings is 1. The first-order valence-corrected chi connectivity index (χ1v) is 12.8. The zero-order valence-corrected chi connectivity index (χ0v) is 22.0. The molecule has 4 aromatic rings. The van der Waals surface area contributed by atoms with E-state index in [1.54, 1.807) is 18.2 Å². The molecular formula is C26H23ClF6N6O.